The Kier molecular flexibility index (Phi) is 11.1. The molecule has 6 nitrogen and oxygen atoms in total. The van der Waals surface area contributed by atoms with Gasteiger partial charge in [0.1, 0.15) is 6.10 Å². The fourth-order valence-corrected chi connectivity index (χ4v) is 3.63. The van der Waals surface area contributed by atoms with Crippen LogP contribution in [0.5, 0.6) is 0 Å². The molecule has 11 radical (unpaired) electrons. The van der Waals surface area contributed by atoms with Crippen molar-refractivity contribution in [3.8, 4) is 0 Å². The molecule has 0 spiro atoms. The monoisotopic (exact) mass is 319 g/mol. The molecule has 11 heteroatoms. The van der Waals surface area contributed by atoms with Gasteiger partial charge in [-0.1, -0.05) is 0 Å². The second-order valence-corrected chi connectivity index (χ2v) is 7.49. The van der Waals surface area contributed by atoms with Crippen LogP contribution in [0.1, 0.15) is 6.42 Å². The lowest BCUT2D eigenvalue weighted by atomic mass is 10.5. The van der Waals surface area contributed by atoms with Gasteiger partial charge in [-0.15, -0.1) is 0 Å². The Hall–Kier alpha value is 0.844. The summed E-state index contributed by atoms with van der Waals surface area (Å²) >= 11 is 0. The second kappa shape index (κ2) is 11.9. The highest BCUT2D eigenvalue weighted by Gasteiger charge is 2.21. The molecule has 1 unspecified atom stereocenters. The minimum Gasteiger partial charge on any atom is -0.435 e. The molecule has 1 aliphatic heterocycles. The molecule has 0 aromatic heterocycles. The van der Waals surface area contributed by atoms with Crippen molar-refractivity contribution in [2.45, 2.75) is 18.6 Å². The summed E-state index contributed by atoms with van der Waals surface area (Å²) in [4.78, 5) is 0. The molecular weight excluding hydrogens is 308 g/mol. The maximum atomic E-state index is 5.39. The van der Waals surface area contributed by atoms with E-state index in [2.05, 4.69) is 14.6 Å². The molecule has 0 aliphatic carbocycles. The number of epoxide rings is 1. The molecule has 1 heterocycles. The van der Waals surface area contributed by atoms with Crippen LogP contribution < -0.4 is 0 Å². The third-order valence-corrected chi connectivity index (χ3v) is 4.73. The third-order valence-electron chi connectivity index (χ3n) is 1.60. The van der Waals surface area contributed by atoms with Crippen LogP contribution in [0.15, 0.2) is 0 Å². The minimum atomic E-state index is -0.0450. The molecule has 0 aromatic rings. The molecule has 1 saturated heterocycles. The van der Waals surface area contributed by atoms with E-state index in [1.54, 1.807) is 0 Å². The number of hydrogen-bond donors (Lipinski definition) is 0. The lowest BCUT2D eigenvalue weighted by Gasteiger charge is -2.02. The van der Waals surface area contributed by atoms with Crippen LogP contribution in [0.3, 0.4) is 0 Å². The van der Waals surface area contributed by atoms with Gasteiger partial charge in [0.05, 0.1) is 13.2 Å². The van der Waals surface area contributed by atoms with Gasteiger partial charge >= 0.3 is 30.0 Å². The van der Waals surface area contributed by atoms with E-state index in [4.69, 9.17) is 21.8 Å². The number of rotatable bonds is 13. The summed E-state index contributed by atoms with van der Waals surface area (Å²) in [5.74, 6) is 0. The van der Waals surface area contributed by atoms with E-state index < -0.39 is 0 Å². The van der Waals surface area contributed by atoms with Crippen molar-refractivity contribution in [2.24, 2.45) is 0 Å². The van der Waals surface area contributed by atoms with Gasteiger partial charge in [0.2, 0.25) is 20.2 Å². The Bertz CT molecular complexity index is 173. The molecule has 0 aromatic carbocycles. The van der Waals surface area contributed by atoms with E-state index in [1.165, 1.54) is 0 Å². The first kappa shape index (κ1) is 15.9. The van der Waals surface area contributed by atoms with Crippen molar-refractivity contribution >= 4 is 50.3 Å². The van der Waals surface area contributed by atoms with Crippen molar-refractivity contribution in [2.75, 3.05) is 19.8 Å². The summed E-state index contributed by atoms with van der Waals surface area (Å²) < 4.78 is 30.2. The number of hydrogen-bond acceptors (Lipinski definition) is 6. The molecule has 1 aliphatic rings. The van der Waals surface area contributed by atoms with Crippen molar-refractivity contribution in [1.29, 1.82) is 0 Å². The van der Waals surface area contributed by atoms with E-state index in [1.807, 2.05) is 0 Å². The lowest BCUT2D eigenvalue weighted by Crippen LogP contribution is -2.16. The standard InChI is InChI=1S/C6H11O6Si5/c13-9-15-11-17-12-16-10-14-3-1-2-7-4-6-5-8-6/h6H,1-5H2. The number of ether oxygens (including phenoxy) is 2. The quantitative estimate of drug-likeness (QED) is 0.236. The fourth-order valence-electron chi connectivity index (χ4n) is 0.802. The SMILES string of the molecule is [Si]O[Si]O[Si]O[Si]O[Si]CCCOCC1CO1. The minimum absolute atomic E-state index is 0.0336. The highest BCUT2D eigenvalue weighted by Crippen LogP contribution is 2.08. The summed E-state index contributed by atoms with van der Waals surface area (Å²) in [6.45, 7) is 2.35. The van der Waals surface area contributed by atoms with Crippen molar-refractivity contribution in [1.82, 2.24) is 0 Å². The Morgan fingerprint density at radius 3 is 2.71 bits per heavy atom. The summed E-state index contributed by atoms with van der Waals surface area (Å²) in [6.07, 6.45) is 1.36. The van der Waals surface area contributed by atoms with E-state index in [9.17, 15) is 0 Å². The maximum absolute atomic E-state index is 5.39. The maximum Gasteiger partial charge on any atom is 0.412 e. The van der Waals surface area contributed by atoms with Gasteiger partial charge < -0.3 is 25.9 Å². The predicted octanol–water partition coefficient (Wildman–Crippen LogP) is -1.42. The van der Waals surface area contributed by atoms with Crippen molar-refractivity contribution < 1.29 is 25.9 Å². The molecular formula is C6H11O6Si5. The van der Waals surface area contributed by atoms with Crippen LogP contribution in [0.4, 0.5) is 0 Å². The first-order valence-electron chi connectivity index (χ1n) is 4.90. The summed E-state index contributed by atoms with van der Waals surface area (Å²) in [6, 6.07) is 0.998. The fraction of sp³-hybridized carbons (Fsp3) is 1.00. The normalized spacial score (nSPS) is 18.5. The largest absolute Gasteiger partial charge is 0.435 e. The van der Waals surface area contributed by atoms with Gasteiger partial charge in [-0.3, -0.25) is 0 Å². The van der Waals surface area contributed by atoms with Gasteiger partial charge in [-0.25, -0.2) is 0 Å². The van der Waals surface area contributed by atoms with Gasteiger partial charge in [-0.05, 0) is 12.5 Å². The first-order chi connectivity index (χ1) is 8.43. The smallest absolute Gasteiger partial charge is 0.412 e. The molecule has 0 saturated carbocycles. The lowest BCUT2D eigenvalue weighted by molar-refractivity contribution is 0.117. The van der Waals surface area contributed by atoms with Crippen LogP contribution in [-0.4, -0.2) is 76.2 Å². The summed E-state index contributed by atoms with van der Waals surface area (Å²) in [5.41, 5.74) is 0. The van der Waals surface area contributed by atoms with E-state index >= 15 is 0 Å². The molecule has 0 amide bonds. The topological polar surface area (TPSA) is 58.7 Å². The molecule has 0 bridgehead atoms. The summed E-state index contributed by atoms with van der Waals surface area (Å²) in [7, 11) is 3.22. The second-order valence-electron chi connectivity index (χ2n) is 2.94. The molecule has 1 fully saturated rings. The van der Waals surface area contributed by atoms with Crippen LogP contribution in [0.25, 0.3) is 0 Å². The van der Waals surface area contributed by atoms with Gasteiger partial charge in [0, 0.05) is 6.61 Å². The van der Waals surface area contributed by atoms with E-state index in [0.29, 0.717) is 15.9 Å². The van der Waals surface area contributed by atoms with Gasteiger partial charge in [-0.2, -0.15) is 0 Å². The highest BCUT2D eigenvalue weighted by atomic mass is 28.4. The van der Waals surface area contributed by atoms with Crippen LogP contribution in [-0.2, 0) is 25.9 Å². The first-order valence-corrected chi connectivity index (χ1v) is 8.88. The average molecular weight is 320 g/mol. The predicted molar refractivity (Wildman–Crippen MR) is 63.1 cm³/mol. The Labute approximate surface area is 115 Å². The molecule has 1 atom stereocenters. The third kappa shape index (κ3) is 11.7. The average Bonchev–Trinajstić information content (AvgIpc) is 3.15. The van der Waals surface area contributed by atoms with Crippen LogP contribution >= 0.6 is 0 Å². The van der Waals surface area contributed by atoms with Crippen molar-refractivity contribution in [3.63, 3.8) is 0 Å². The Morgan fingerprint density at radius 2 is 1.94 bits per heavy atom. The van der Waals surface area contributed by atoms with Crippen LogP contribution in [0.2, 0.25) is 6.04 Å². The van der Waals surface area contributed by atoms with Crippen LogP contribution in [0, 0.1) is 0 Å². The molecule has 91 valence electrons. The Balaban J connectivity index is 1.61. The van der Waals surface area contributed by atoms with E-state index in [0.717, 1.165) is 32.3 Å². The molecule has 1 rings (SSSR count). The highest BCUT2D eigenvalue weighted by molar-refractivity contribution is 6.46. The van der Waals surface area contributed by atoms with Gasteiger partial charge in [0.15, 0.2) is 0 Å². The zero-order valence-corrected chi connectivity index (χ0v) is 14.1. The van der Waals surface area contributed by atoms with E-state index in [-0.39, 0.29) is 30.0 Å². The zero-order chi connectivity index (χ0) is 12.2. The molecule has 0 N–H and O–H groups in total. The zero-order valence-electron chi connectivity index (χ0n) is 9.06. The van der Waals surface area contributed by atoms with Crippen molar-refractivity contribution in [3.05, 3.63) is 0 Å². The molecule has 17 heavy (non-hydrogen) atoms. The van der Waals surface area contributed by atoms with Gasteiger partial charge in [0.25, 0.3) is 0 Å². The Morgan fingerprint density at radius 1 is 1.18 bits per heavy atom. The summed E-state index contributed by atoms with van der Waals surface area (Å²) in [5, 5.41) is 0.